The number of hydrogen-bond donors (Lipinski definition) is 3. The molecule has 0 radical (unpaired) electrons. The van der Waals surface area contributed by atoms with Crippen LogP contribution >= 0.6 is 0 Å². The highest BCUT2D eigenvalue weighted by Gasteiger charge is 2.25. The van der Waals surface area contributed by atoms with Crippen LogP contribution in [-0.2, 0) is 19.1 Å². The molecule has 0 unspecified atom stereocenters. The number of nitrogens with two attached hydrogens (primary N) is 1. The summed E-state index contributed by atoms with van der Waals surface area (Å²) < 4.78 is 4.88. The number of hydrogen-bond acceptors (Lipinski definition) is 5. The van der Waals surface area contributed by atoms with Crippen LogP contribution in [-0.4, -0.2) is 36.3 Å². The van der Waals surface area contributed by atoms with E-state index in [2.05, 4.69) is 10.6 Å². The van der Waals surface area contributed by atoms with E-state index in [9.17, 15) is 19.2 Å². The lowest BCUT2D eigenvalue weighted by molar-refractivity contribution is -0.147. The maximum Gasteiger partial charge on any atom is 0.308 e. The van der Waals surface area contributed by atoms with Crippen molar-refractivity contribution in [1.29, 1.82) is 0 Å². The number of esters is 1. The van der Waals surface area contributed by atoms with Crippen molar-refractivity contribution in [1.82, 2.24) is 5.32 Å². The molecule has 1 aromatic rings. The van der Waals surface area contributed by atoms with E-state index in [1.54, 1.807) is 26.0 Å². The van der Waals surface area contributed by atoms with Gasteiger partial charge in [0.05, 0.1) is 12.5 Å². The van der Waals surface area contributed by atoms with E-state index in [0.29, 0.717) is 11.3 Å². The first kappa shape index (κ1) is 20.1. The van der Waals surface area contributed by atoms with Gasteiger partial charge in [-0.2, -0.15) is 0 Å². The first-order chi connectivity index (χ1) is 11.7. The van der Waals surface area contributed by atoms with Gasteiger partial charge in [-0.15, -0.1) is 0 Å². The van der Waals surface area contributed by atoms with Crippen LogP contribution in [0.15, 0.2) is 24.3 Å². The summed E-state index contributed by atoms with van der Waals surface area (Å²) in [5, 5.41) is 5.10. The Balaban J connectivity index is 2.74. The van der Waals surface area contributed by atoms with E-state index < -0.39 is 29.7 Å². The minimum Gasteiger partial charge on any atom is -0.466 e. The summed E-state index contributed by atoms with van der Waals surface area (Å²) >= 11 is 0. The van der Waals surface area contributed by atoms with E-state index >= 15 is 0 Å². The van der Waals surface area contributed by atoms with Crippen LogP contribution in [0.2, 0.25) is 0 Å². The standard InChI is InChI=1S/C17H23N3O5/c1-4-25-17(24)10(2)9-14(15(18)22)20-16(23)12-5-7-13(8-6-12)19-11(3)21/h5-8,10,14H,4,9H2,1-3H3,(H2,18,22)(H,19,21)(H,20,23)/t10-,14+/m0/s1. The van der Waals surface area contributed by atoms with Crippen molar-refractivity contribution >= 4 is 29.4 Å². The second-order valence-corrected chi connectivity index (χ2v) is 5.58. The fourth-order valence-corrected chi connectivity index (χ4v) is 2.13. The third-order valence-corrected chi connectivity index (χ3v) is 3.39. The Hall–Kier alpha value is -2.90. The zero-order valence-corrected chi connectivity index (χ0v) is 14.5. The fraction of sp³-hybridized carbons (Fsp3) is 0.412. The Morgan fingerprint density at radius 3 is 2.24 bits per heavy atom. The number of ether oxygens (including phenoxy) is 1. The zero-order chi connectivity index (χ0) is 19.0. The summed E-state index contributed by atoms with van der Waals surface area (Å²) in [6, 6.07) is 5.15. The van der Waals surface area contributed by atoms with Crippen molar-refractivity contribution < 1.29 is 23.9 Å². The maximum absolute atomic E-state index is 12.2. The van der Waals surface area contributed by atoms with Gasteiger partial charge < -0.3 is 21.1 Å². The van der Waals surface area contributed by atoms with Crippen LogP contribution in [0.5, 0.6) is 0 Å². The number of carbonyl (C=O) groups is 4. The van der Waals surface area contributed by atoms with Crippen LogP contribution in [0.3, 0.4) is 0 Å². The zero-order valence-electron chi connectivity index (χ0n) is 14.5. The van der Waals surface area contributed by atoms with Crippen LogP contribution in [0.25, 0.3) is 0 Å². The molecule has 2 atom stereocenters. The van der Waals surface area contributed by atoms with Crippen LogP contribution in [0.1, 0.15) is 37.6 Å². The van der Waals surface area contributed by atoms with Crippen molar-refractivity contribution in [2.75, 3.05) is 11.9 Å². The molecule has 0 aliphatic carbocycles. The van der Waals surface area contributed by atoms with Gasteiger partial charge in [-0.3, -0.25) is 19.2 Å². The Bertz CT molecular complexity index is 642. The maximum atomic E-state index is 12.2. The van der Waals surface area contributed by atoms with Gasteiger partial charge in [0.25, 0.3) is 5.91 Å². The molecule has 0 fully saturated rings. The first-order valence-corrected chi connectivity index (χ1v) is 7.89. The summed E-state index contributed by atoms with van der Waals surface area (Å²) in [7, 11) is 0. The largest absolute Gasteiger partial charge is 0.466 e. The Morgan fingerprint density at radius 2 is 1.76 bits per heavy atom. The Labute approximate surface area is 146 Å². The number of primary amides is 1. The molecule has 0 aliphatic heterocycles. The summed E-state index contributed by atoms with van der Waals surface area (Å²) in [5.41, 5.74) is 6.15. The molecule has 4 N–H and O–H groups in total. The molecule has 3 amide bonds. The van der Waals surface area contributed by atoms with Crippen LogP contribution in [0, 0.1) is 5.92 Å². The smallest absolute Gasteiger partial charge is 0.308 e. The summed E-state index contributed by atoms with van der Waals surface area (Å²) in [6.07, 6.45) is 0.0455. The van der Waals surface area contributed by atoms with Gasteiger partial charge in [0.1, 0.15) is 6.04 Å². The molecule has 0 saturated carbocycles. The monoisotopic (exact) mass is 349 g/mol. The number of nitrogens with one attached hydrogen (secondary N) is 2. The van der Waals surface area contributed by atoms with Gasteiger partial charge in [-0.1, -0.05) is 6.92 Å². The van der Waals surface area contributed by atoms with Gasteiger partial charge >= 0.3 is 5.97 Å². The second kappa shape index (κ2) is 9.41. The van der Waals surface area contributed by atoms with Crippen LogP contribution < -0.4 is 16.4 Å². The molecule has 1 rings (SSSR count). The molecule has 0 aliphatic rings. The molecule has 8 nitrogen and oxygen atoms in total. The molecule has 136 valence electrons. The number of amides is 3. The molecular formula is C17H23N3O5. The van der Waals surface area contributed by atoms with Gasteiger partial charge in [0.2, 0.25) is 11.8 Å². The summed E-state index contributed by atoms with van der Waals surface area (Å²) in [6.45, 7) is 4.89. The molecule has 0 spiro atoms. The SMILES string of the molecule is CCOC(=O)[C@@H](C)C[C@@H](NC(=O)c1ccc(NC(C)=O)cc1)C(N)=O. The normalized spacial score (nSPS) is 12.6. The van der Waals surface area contributed by atoms with Gasteiger partial charge in [0.15, 0.2) is 0 Å². The topological polar surface area (TPSA) is 128 Å². The van der Waals surface area contributed by atoms with Crippen LogP contribution in [0.4, 0.5) is 5.69 Å². The predicted molar refractivity (Wildman–Crippen MR) is 91.6 cm³/mol. The molecule has 1 aromatic carbocycles. The summed E-state index contributed by atoms with van der Waals surface area (Å²) in [4.78, 5) is 46.5. The average Bonchev–Trinajstić information content (AvgIpc) is 2.54. The minimum atomic E-state index is -0.998. The molecule has 0 saturated heterocycles. The average molecular weight is 349 g/mol. The van der Waals surface area contributed by atoms with Crippen molar-refractivity contribution in [3.8, 4) is 0 Å². The highest BCUT2D eigenvalue weighted by molar-refractivity contribution is 5.98. The molecule has 0 bridgehead atoms. The minimum absolute atomic E-state index is 0.0455. The number of carbonyl (C=O) groups excluding carboxylic acids is 4. The lowest BCUT2D eigenvalue weighted by Crippen LogP contribution is -2.46. The number of anilines is 1. The molecular weight excluding hydrogens is 326 g/mol. The second-order valence-electron chi connectivity index (χ2n) is 5.58. The van der Waals surface area contributed by atoms with E-state index in [0.717, 1.165) is 0 Å². The predicted octanol–water partition coefficient (Wildman–Crippen LogP) is 0.818. The molecule has 25 heavy (non-hydrogen) atoms. The highest BCUT2D eigenvalue weighted by Crippen LogP contribution is 2.12. The Kier molecular flexibility index (Phi) is 7.58. The number of rotatable bonds is 8. The third-order valence-electron chi connectivity index (χ3n) is 3.39. The van der Waals surface area contributed by atoms with E-state index in [1.165, 1.54) is 19.1 Å². The lowest BCUT2D eigenvalue weighted by Gasteiger charge is -2.19. The van der Waals surface area contributed by atoms with Gasteiger partial charge in [-0.25, -0.2) is 0 Å². The molecule has 0 aromatic heterocycles. The van der Waals surface area contributed by atoms with Gasteiger partial charge in [0, 0.05) is 18.2 Å². The van der Waals surface area contributed by atoms with E-state index in [4.69, 9.17) is 10.5 Å². The third kappa shape index (κ3) is 6.62. The quantitative estimate of drug-likeness (QED) is 0.599. The first-order valence-electron chi connectivity index (χ1n) is 7.89. The van der Waals surface area contributed by atoms with Crippen molar-refractivity contribution in [2.24, 2.45) is 11.7 Å². The van der Waals surface area contributed by atoms with E-state index in [-0.39, 0.29) is 18.9 Å². The fourth-order valence-electron chi connectivity index (χ4n) is 2.13. The number of benzene rings is 1. The lowest BCUT2D eigenvalue weighted by atomic mass is 10.0. The Morgan fingerprint density at radius 1 is 1.16 bits per heavy atom. The summed E-state index contributed by atoms with van der Waals surface area (Å²) in [5.74, 6) is -2.50. The van der Waals surface area contributed by atoms with Crippen molar-refractivity contribution in [3.63, 3.8) is 0 Å². The van der Waals surface area contributed by atoms with E-state index in [1.807, 2.05) is 0 Å². The van der Waals surface area contributed by atoms with Crippen molar-refractivity contribution in [3.05, 3.63) is 29.8 Å². The van der Waals surface area contributed by atoms with Gasteiger partial charge in [-0.05, 0) is 37.6 Å². The molecule has 8 heteroatoms. The highest BCUT2D eigenvalue weighted by atomic mass is 16.5. The molecule has 0 heterocycles. The van der Waals surface area contributed by atoms with Crippen molar-refractivity contribution in [2.45, 2.75) is 33.2 Å².